The lowest BCUT2D eigenvalue weighted by Crippen LogP contribution is -3.00. The van der Waals surface area contributed by atoms with E-state index in [9.17, 15) is 0 Å². The highest BCUT2D eigenvalue weighted by Gasteiger charge is 2.00. The van der Waals surface area contributed by atoms with E-state index in [0.717, 1.165) is 4.77 Å². The molecule has 2 nitrogen and oxygen atoms in total. The van der Waals surface area contributed by atoms with Crippen LogP contribution in [-0.2, 0) is 14.1 Å². The number of halogens is 1. The van der Waals surface area contributed by atoms with Gasteiger partial charge in [0, 0.05) is 18.3 Å². The molecule has 0 aliphatic heterocycles. The lowest BCUT2D eigenvalue weighted by Gasteiger charge is -1.97. The molecule has 0 N–H and O–H groups in total. The van der Waals surface area contributed by atoms with Crippen LogP contribution >= 0.6 is 12.2 Å². The van der Waals surface area contributed by atoms with Crippen molar-refractivity contribution in [2.45, 2.75) is 6.92 Å². The number of rotatable bonds is 0. The largest absolute Gasteiger partial charge is 1.00 e. The van der Waals surface area contributed by atoms with Crippen molar-refractivity contribution in [3.63, 3.8) is 0 Å². The predicted octanol–water partition coefficient (Wildman–Crippen LogP) is -2.11. The summed E-state index contributed by atoms with van der Waals surface area (Å²) in [6.07, 6.45) is 1.97. The molecule has 0 fully saturated rings. The monoisotopic (exact) mass is 190 g/mol. The van der Waals surface area contributed by atoms with Crippen LogP contribution < -0.4 is 17.0 Å². The second kappa shape index (κ2) is 3.83. The van der Waals surface area contributed by atoms with Gasteiger partial charge >= 0.3 is 4.77 Å². The van der Waals surface area contributed by atoms with Gasteiger partial charge in [0.25, 0.3) is 0 Å². The third-order valence-electron chi connectivity index (χ3n) is 1.66. The molecule has 0 radical (unpaired) electrons. The van der Waals surface area contributed by atoms with Gasteiger partial charge in [0.2, 0.25) is 0 Å². The average molecular weight is 191 g/mol. The van der Waals surface area contributed by atoms with E-state index >= 15 is 0 Å². The molecule has 0 saturated carbocycles. The van der Waals surface area contributed by atoms with Gasteiger partial charge in [0.05, 0.1) is 20.3 Å². The summed E-state index contributed by atoms with van der Waals surface area (Å²) in [5.74, 6) is 0. The summed E-state index contributed by atoms with van der Waals surface area (Å²) in [4.78, 5) is 0. The van der Waals surface area contributed by atoms with Crippen LogP contribution in [0.5, 0.6) is 0 Å². The average Bonchev–Trinajstić information content (AvgIpc) is 1.93. The Hall–Kier alpha value is -0.410. The van der Waals surface area contributed by atoms with Gasteiger partial charge in [-0.25, -0.2) is 9.13 Å². The Kier molecular flexibility index (Phi) is 3.69. The molecule has 62 valence electrons. The summed E-state index contributed by atoms with van der Waals surface area (Å²) in [5, 5.41) is 0. The predicted molar refractivity (Wildman–Crippen MR) is 42.2 cm³/mol. The minimum absolute atomic E-state index is 0. The Morgan fingerprint density at radius 3 is 2.55 bits per heavy atom. The van der Waals surface area contributed by atoms with Gasteiger partial charge in [0.15, 0.2) is 0 Å². The van der Waals surface area contributed by atoms with E-state index in [4.69, 9.17) is 12.2 Å². The van der Waals surface area contributed by atoms with Crippen molar-refractivity contribution in [1.82, 2.24) is 4.57 Å². The zero-order chi connectivity index (χ0) is 7.72. The molecule has 0 saturated heterocycles. The first-order chi connectivity index (χ1) is 4.63. The standard InChI is InChI=1S/C7H11N2S.ClH/c1-6-4-5-8(2)7(10)9(6)3;/h4-5H,1-3H3;1H/q+1;/p-1. The highest BCUT2D eigenvalue weighted by molar-refractivity contribution is 7.71. The Bertz CT molecular complexity index is 306. The molecule has 0 unspecified atom stereocenters. The minimum atomic E-state index is 0. The van der Waals surface area contributed by atoms with Crippen LogP contribution in [0.15, 0.2) is 12.3 Å². The summed E-state index contributed by atoms with van der Waals surface area (Å²) >= 11 is 5.11. The van der Waals surface area contributed by atoms with E-state index < -0.39 is 0 Å². The van der Waals surface area contributed by atoms with Gasteiger partial charge in [-0.3, -0.25) is 0 Å². The first-order valence-corrected chi connectivity index (χ1v) is 3.56. The molecule has 1 aromatic heterocycles. The number of nitrogens with zero attached hydrogens (tertiary/aromatic N) is 2. The minimum Gasteiger partial charge on any atom is -1.00 e. The molecule has 1 heterocycles. The maximum Gasteiger partial charge on any atom is 0.350 e. The van der Waals surface area contributed by atoms with E-state index in [1.54, 1.807) is 0 Å². The lowest BCUT2D eigenvalue weighted by molar-refractivity contribution is -0.688. The highest BCUT2D eigenvalue weighted by Crippen LogP contribution is 1.87. The van der Waals surface area contributed by atoms with Gasteiger partial charge in [0.1, 0.15) is 5.69 Å². The number of aromatic nitrogens is 2. The third-order valence-corrected chi connectivity index (χ3v) is 2.22. The van der Waals surface area contributed by atoms with Crippen LogP contribution in [0.3, 0.4) is 0 Å². The highest BCUT2D eigenvalue weighted by atomic mass is 35.5. The van der Waals surface area contributed by atoms with Crippen LogP contribution in [0, 0.1) is 11.7 Å². The second-order valence-corrected chi connectivity index (χ2v) is 2.77. The van der Waals surface area contributed by atoms with Crippen LogP contribution in [-0.4, -0.2) is 4.57 Å². The van der Waals surface area contributed by atoms with Crippen LogP contribution in [0.2, 0.25) is 0 Å². The van der Waals surface area contributed by atoms with Crippen molar-refractivity contribution in [3.05, 3.63) is 22.7 Å². The smallest absolute Gasteiger partial charge is 0.350 e. The maximum absolute atomic E-state index is 5.11. The van der Waals surface area contributed by atoms with Crippen molar-refractivity contribution in [1.29, 1.82) is 0 Å². The summed E-state index contributed by atoms with van der Waals surface area (Å²) in [6, 6.07) is 2.04. The third kappa shape index (κ3) is 2.01. The molecule has 0 aliphatic rings. The number of hydrogen-bond donors (Lipinski definition) is 0. The molecule has 0 aliphatic carbocycles. The summed E-state index contributed by atoms with van der Waals surface area (Å²) in [7, 11) is 3.92. The summed E-state index contributed by atoms with van der Waals surface area (Å²) in [5.41, 5.74) is 1.18. The van der Waals surface area contributed by atoms with E-state index in [0.29, 0.717) is 0 Å². The molecule has 0 atom stereocenters. The van der Waals surface area contributed by atoms with Crippen LogP contribution in [0.4, 0.5) is 0 Å². The van der Waals surface area contributed by atoms with Crippen molar-refractivity contribution in [2.75, 3.05) is 0 Å². The molecule has 4 heteroatoms. The molecule has 11 heavy (non-hydrogen) atoms. The Labute approximate surface area is 77.9 Å². The first-order valence-electron chi connectivity index (χ1n) is 3.15. The van der Waals surface area contributed by atoms with E-state index in [1.165, 1.54) is 5.69 Å². The van der Waals surface area contributed by atoms with Crippen molar-refractivity contribution >= 4 is 12.2 Å². The van der Waals surface area contributed by atoms with Gasteiger partial charge in [-0.05, 0) is 6.92 Å². The second-order valence-electron chi connectivity index (χ2n) is 2.41. The summed E-state index contributed by atoms with van der Waals surface area (Å²) in [6.45, 7) is 2.04. The van der Waals surface area contributed by atoms with E-state index in [2.05, 4.69) is 0 Å². The Morgan fingerprint density at radius 2 is 2.09 bits per heavy atom. The van der Waals surface area contributed by atoms with Gasteiger partial charge in [-0.15, -0.1) is 0 Å². The topological polar surface area (TPSA) is 8.81 Å². The fourth-order valence-corrected chi connectivity index (χ4v) is 0.988. The molecule has 1 aromatic rings. The van der Waals surface area contributed by atoms with Gasteiger partial charge in [-0.2, -0.15) is 0 Å². The fraction of sp³-hybridized carbons (Fsp3) is 0.429. The number of aryl methyl sites for hydroxylation is 2. The first kappa shape index (κ1) is 10.6. The molecule has 0 aromatic carbocycles. The SMILES string of the molecule is Cc1ccn(C)c(=S)[n+]1C.[Cl-]. The quantitative estimate of drug-likeness (QED) is 0.336. The normalized spacial score (nSPS) is 9.00. The Balaban J connectivity index is 0.000001000. The van der Waals surface area contributed by atoms with Crippen molar-refractivity contribution < 1.29 is 17.0 Å². The van der Waals surface area contributed by atoms with Gasteiger partial charge < -0.3 is 12.4 Å². The molecule has 1 rings (SSSR count). The molecule has 0 bridgehead atoms. The molecular weight excluding hydrogens is 180 g/mol. The van der Waals surface area contributed by atoms with Crippen molar-refractivity contribution in [2.24, 2.45) is 14.1 Å². The van der Waals surface area contributed by atoms with Crippen LogP contribution in [0.1, 0.15) is 5.69 Å². The molecular formula is C7H11ClN2S. The van der Waals surface area contributed by atoms with Crippen LogP contribution in [0.25, 0.3) is 0 Å². The fourth-order valence-electron chi connectivity index (χ4n) is 0.783. The van der Waals surface area contributed by atoms with E-state index in [-0.39, 0.29) is 12.4 Å². The maximum atomic E-state index is 5.11. The van der Waals surface area contributed by atoms with Gasteiger partial charge in [-0.1, -0.05) is 0 Å². The number of hydrogen-bond acceptors (Lipinski definition) is 1. The summed E-state index contributed by atoms with van der Waals surface area (Å²) < 4.78 is 4.75. The van der Waals surface area contributed by atoms with Crippen molar-refractivity contribution in [3.8, 4) is 0 Å². The van der Waals surface area contributed by atoms with E-state index in [1.807, 2.05) is 42.4 Å². The molecule has 0 amide bonds. The molecule has 0 spiro atoms. The Morgan fingerprint density at radius 1 is 1.55 bits per heavy atom. The lowest BCUT2D eigenvalue weighted by atomic mass is 10.4. The zero-order valence-electron chi connectivity index (χ0n) is 6.84. The zero-order valence-corrected chi connectivity index (χ0v) is 8.41.